The number of hydrogen-bond acceptors (Lipinski definition) is 6. The van der Waals surface area contributed by atoms with Crippen LogP contribution in [0, 0.1) is 6.92 Å². The van der Waals surface area contributed by atoms with Gasteiger partial charge in [0, 0.05) is 28.8 Å². The SMILES string of the molecule is CC[C@H](NC(=O)Cc1c(C)c2cc3c4c(oc3cc2oc1=O)CCCC4)C(=O)[O-]. The summed E-state index contributed by atoms with van der Waals surface area (Å²) in [5.41, 5.74) is 2.59. The van der Waals surface area contributed by atoms with Gasteiger partial charge in [-0.25, -0.2) is 4.79 Å². The monoisotopic (exact) mass is 396 g/mol. The predicted molar refractivity (Wildman–Crippen MR) is 105 cm³/mol. The molecular weight excluding hydrogens is 374 g/mol. The number of carbonyl (C=O) groups is 2. The van der Waals surface area contributed by atoms with Gasteiger partial charge in [0.15, 0.2) is 0 Å². The molecule has 0 aliphatic heterocycles. The van der Waals surface area contributed by atoms with Gasteiger partial charge in [0.1, 0.15) is 16.9 Å². The maximum atomic E-state index is 12.5. The fraction of sp³-hybridized carbons (Fsp3) is 0.409. The van der Waals surface area contributed by atoms with Crippen LogP contribution in [-0.2, 0) is 28.9 Å². The van der Waals surface area contributed by atoms with Gasteiger partial charge in [0.05, 0.1) is 24.0 Å². The Balaban J connectivity index is 1.75. The zero-order valence-electron chi connectivity index (χ0n) is 16.4. The molecule has 4 rings (SSSR count). The lowest BCUT2D eigenvalue weighted by Gasteiger charge is -2.18. The molecule has 2 heterocycles. The molecule has 0 saturated carbocycles. The summed E-state index contributed by atoms with van der Waals surface area (Å²) in [6, 6.07) is 2.62. The highest BCUT2D eigenvalue weighted by Gasteiger charge is 2.21. The normalized spacial score (nSPS) is 14.7. The van der Waals surface area contributed by atoms with Crippen molar-refractivity contribution in [2.45, 2.75) is 58.4 Å². The van der Waals surface area contributed by atoms with E-state index in [1.54, 1.807) is 19.9 Å². The number of benzene rings is 1. The van der Waals surface area contributed by atoms with Crippen molar-refractivity contribution in [1.82, 2.24) is 5.32 Å². The average molecular weight is 396 g/mol. The van der Waals surface area contributed by atoms with Crippen LogP contribution in [0.1, 0.15) is 48.6 Å². The van der Waals surface area contributed by atoms with Crippen molar-refractivity contribution in [3.8, 4) is 0 Å². The van der Waals surface area contributed by atoms with Crippen molar-refractivity contribution < 1.29 is 23.5 Å². The first kappa shape index (κ1) is 19.2. The fourth-order valence-electron chi connectivity index (χ4n) is 4.08. The smallest absolute Gasteiger partial charge is 0.340 e. The van der Waals surface area contributed by atoms with Crippen LogP contribution in [-0.4, -0.2) is 17.9 Å². The Kier molecular flexibility index (Phi) is 4.90. The maximum Gasteiger partial charge on any atom is 0.340 e. The Morgan fingerprint density at radius 3 is 2.59 bits per heavy atom. The van der Waals surface area contributed by atoms with Gasteiger partial charge in [-0.15, -0.1) is 0 Å². The highest BCUT2D eigenvalue weighted by Crippen LogP contribution is 2.35. The van der Waals surface area contributed by atoms with Gasteiger partial charge in [-0.1, -0.05) is 6.92 Å². The summed E-state index contributed by atoms with van der Waals surface area (Å²) in [5.74, 6) is -0.915. The van der Waals surface area contributed by atoms with Gasteiger partial charge in [-0.05, 0) is 44.2 Å². The Morgan fingerprint density at radius 1 is 1.14 bits per heavy atom. The first-order valence-electron chi connectivity index (χ1n) is 9.89. The molecule has 0 spiro atoms. The van der Waals surface area contributed by atoms with Gasteiger partial charge in [-0.2, -0.15) is 0 Å². The summed E-state index contributed by atoms with van der Waals surface area (Å²) in [6.07, 6.45) is 4.03. The maximum absolute atomic E-state index is 12.5. The minimum Gasteiger partial charge on any atom is -0.548 e. The Morgan fingerprint density at radius 2 is 1.86 bits per heavy atom. The van der Waals surface area contributed by atoms with E-state index in [-0.39, 0.29) is 18.4 Å². The molecule has 0 unspecified atom stereocenters. The lowest BCUT2D eigenvalue weighted by atomic mass is 9.94. The zero-order valence-corrected chi connectivity index (χ0v) is 16.4. The number of carboxylic acid groups (broad SMARTS) is 1. The van der Waals surface area contributed by atoms with Gasteiger partial charge in [0.2, 0.25) is 5.91 Å². The van der Waals surface area contributed by atoms with Crippen LogP contribution < -0.4 is 16.0 Å². The van der Waals surface area contributed by atoms with E-state index in [9.17, 15) is 19.5 Å². The number of amides is 1. The third-order valence-corrected chi connectivity index (χ3v) is 5.73. The quantitative estimate of drug-likeness (QED) is 0.659. The number of rotatable bonds is 5. The third kappa shape index (κ3) is 3.41. The highest BCUT2D eigenvalue weighted by molar-refractivity contribution is 5.97. The van der Waals surface area contributed by atoms with E-state index < -0.39 is 23.5 Å². The van der Waals surface area contributed by atoms with Gasteiger partial charge in [0.25, 0.3) is 0 Å². The number of fused-ring (bicyclic) bond motifs is 4. The molecule has 0 radical (unpaired) electrons. The molecule has 0 saturated heterocycles. The van der Waals surface area contributed by atoms with Crippen LogP contribution in [0.5, 0.6) is 0 Å². The van der Waals surface area contributed by atoms with Gasteiger partial charge >= 0.3 is 5.63 Å². The van der Waals surface area contributed by atoms with Crippen molar-refractivity contribution in [2.75, 3.05) is 0 Å². The number of carboxylic acids is 1. The second-order valence-corrected chi connectivity index (χ2v) is 7.57. The number of nitrogens with one attached hydrogen (secondary N) is 1. The Bertz CT molecular complexity index is 1190. The van der Waals surface area contributed by atoms with Crippen molar-refractivity contribution in [3.05, 3.63) is 45.0 Å². The van der Waals surface area contributed by atoms with Crippen molar-refractivity contribution in [2.24, 2.45) is 0 Å². The number of aliphatic carboxylic acids is 1. The second-order valence-electron chi connectivity index (χ2n) is 7.57. The second kappa shape index (κ2) is 7.39. The molecule has 0 bridgehead atoms. The number of aryl methyl sites for hydroxylation is 3. The lowest BCUT2D eigenvalue weighted by molar-refractivity contribution is -0.308. The van der Waals surface area contributed by atoms with E-state index in [1.165, 1.54) is 5.56 Å². The van der Waals surface area contributed by atoms with Gasteiger partial charge < -0.3 is 24.1 Å². The molecule has 0 fully saturated rings. The minimum atomic E-state index is -1.35. The summed E-state index contributed by atoms with van der Waals surface area (Å²) in [6.45, 7) is 3.41. The molecule has 1 N–H and O–H groups in total. The number of hydrogen-bond donors (Lipinski definition) is 1. The van der Waals surface area contributed by atoms with E-state index in [0.717, 1.165) is 42.2 Å². The number of carbonyl (C=O) groups excluding carboxylic acids is 2. The van der Waals surface area contributed by atoms with Crippen LogP contribution >= 0.6 is 0 Å². The van der Waals surface area contributed by atoms with Crippen LogP contribution in [0.4, 0.5) is 0 Å². The standard InChI is InChI=1S/C22H23NO6/c1-3-16(21(25)26)23-20(24)9-14-11(2)13-8-15-12-6-4-5-7-17(12)28-19(15)10-18(13)29-22(14)27/h8,10,16H,3-7,9H2,1-2H3,(H,23,24)(H,25,26)/p-1/t16-/m0/s1. The van der Waals surface area contributed by atoms with Crippen LogP contribution in [0.2, 0.25) is 0 Å². The van der Waals surface area contributed by atoms with E-state index >= 15 is 0 Å². The number of furan rings is 1. The van der Waals surface area contributed by atoms with E-state index in [4.69, 9.17) is 8.83 Å². The molecule has 7 heteroatoms. The predicted octanol–water partition coefficient (Wildman–Crippen LogP) is 1.91. The van der Waals surface area contributed by atoms with Crippen molar-refractivity contribution in [1.29, 1.82) is 0 Å². The van der Waals surface area contributed by atoms with E-state index in [0.29, 0.717) is 16.7 Å². The molecule has 1 atom stereocenters. The Hall–Kier alpha value is -3.09. The molecule has 1 aliphatic carbocycles. The lowest BCUT2D eigenvalue weighted by Crippen LogP contribution is -2.48. The largest absolute Gasteiger partial charge is 0.548 e. The summed E-state index contributed by atoms with van der Waals surface area (Å²) >= 11 is 0. The topological polar surface area (TPSA) is 113 Å². The molecule has 2 aromatic heterocycles. The molecule has 1 aliphatic rings. The summed E-state index contributed by atoms with van der Waals surface area (Å²) in [4.78, 5) is 35.8. The first-order valence-corrected chi connectivity index (χ1v) is 9.89. The molecule has 3 aromatic rings. The fourth-order valence-corrected chi connectivity index (χ4v) is 4.08. The van der Waals surface area contributed by atoms with E-state index in [1.807, 2.05) is 6.07 Å². The van der Waals surface area contributed by atoms with Crippen LogP contribution in [0.3, 0.4) is 0 Å². The minimum absolute atomic E-state index is 0.197. The first-order chi connectivity index (χ1) is 13.9. The average Bonchev–Trinajstić information content (AvgIpc) is 3.05. The molecular formula is C22H22NO6-. The molecule has 1 aromatic carbocycles. The zero-order chi connectivity index (χ0) is 20.7. The van der Waals surface area contributed by atoms with E-state index in [2.05, 4.69) is 5.32 Å². The Labute approximate surface area is 166 Å². The summed E-state index contributed by atoms with van der Waals surface area (Å²) < 4.78 is 11.4. The van der Waals surface area contributed by atoms with Crippen molar-refractivity contribution >= 4 is 33.8 Å². The molecule has 1 amide bonds. The molecule has 29 heavy (non-hydrogen) atoms. The molecule has 152 valence electrons. The van der Waals surface area contributed by atoms with Gasteiger partial charge in [-0.3, -0.25) is 4.79 Å². The van der Waals surface area contributed by atoms with Crippen LogP contribution in [0.25, 0.3) is 21.9 Å². The van der Waals surface area contributed by atoms with Crippen molar-refractivity contribution in [3.63, 3.8) is 0 Å². The summed E-state index contributed by atoms with van der Waals surface area (Å²) in [7, 11) is 0. The highest BCUT2D eigenvalue weighted by atomic mass is 16.4. The summed E-state index contributed by atoms with van der Waals surface area (Å²) in [5, 5.41) is 15.2. The van der Waals surface area contributed by atoms with Crippen LogP contribution in [0.15, 0.2) is 25.8 Å². The molecule has 7 nitrogen and oxygen atoms in total. The third-order valence-electron chi connectivity index (χ3n) is 5.73.